The molecule has 2 atom stereocenters. The van der Waals surface area contributed by atoms with Crippen LogP contribution in [0.25, 0.3) is 5.69 Å². The number of rotatable bonds is 9. The van der Waals surface area contributed by atoms with E-state index in [4.69, 9.17) is 27.9 Å². The Labute approximate surface area is 224 Å². The summed E-state index contributed by atoms with van der Waals surface area (Å²) in [4.78, 5) is 24.7. The second-order valence-corrected chi connectivity index (χ2v) is 10.6. The highest BCUT2D eigenvalue weighted by atomic mass is 35.5. The Morgan fingerprint density at radius 3 is 2.43 bits per heavy atom. The minimum Gasteiger partial charge on any atom is -0.481 e. The number of aromatic nitrogens is 2. The van der Waals surface area contributed by atoms with Gasteiger partial charge in [0.05, 0.1) is 28.2 Å². The number of halogens is 3. The molecule has 1 heterocycles. The lowest BCUT2D eigenvalue weighted by Crippen LogP contribution is -2.45. The highest BCUT2D eigenvalue weighted by molar-refractivity contribution is 6.42. The van der Waals surface area contributed by atoms with Gasteiger partial charge in [-0.25, -0.2) is 9.07 Å². The molecule has 1 amide bonds. The second-order valence-electron chi connectivity index (χ2n) is 9.84. The summed E-state index contributed by atoms with van der Waals surface area (Å²) < 4.78 is 21.0. The molecule has 3 aromatic rings. The fraction of sp³-hybridized carbons (Fsp3) is 0.346. The Morgan fingerprint density at radius 1 is 1.14 bits per heavy atom. The first-order valence-corrected chi connectivity index (χ1v) is 12.1. The van der Waals surface area contributed by atoms with E-state index in [9.17, 15) is 24.2 Å². The van der Waals surface area contributed by atoms with Gasteiger partial charge in [-0.05, 0) is 42.2 Å². The molecule has 3 N–H and O–H groups in total. The fourth-order valence-corrected chi connectivity index (χ4v) is 3.68. The van der Waals surface area contributed by atoms with Crippen LogP contribution in [-0.2, 0) is 4.79 Å². The van der Waals surface area contributed by atoms with Crippen molar-refractivity contribution in [2.45, 2.75) is 45.8 Å². The van der Waals surface area contributed by atoms with Gasteiger partial charge in [-0.1, -0.05) is 62.2 Å². The Hall–Kier alpha value is -3.14. The van der Waals surface area contributed by atoms with Crippen LogP contribution in [0.3, 0.4) is 0 Å². The van der Waals surface area contributed by atoms with Gasteiger partial charge in [0.2, 0.25) is 5.88 Å². The van der Waals surface area contributed by atoms with E-state index in [2.05, 4.69) is 10.4 Å². The molecule has 0 saturated carbocycles. The van der Waals surface area contributed by atoms with Gasteiger partial charge in [0.15, 0.2) is 5.69 Å². The number of hydrogen-bond acceptors (Lipinski definition) is 5. The molecule has 37 heavy (non-hydrogen) atoms. The van der Waals surface area contributed by atoms with Crippen molar-refractivity contribution in [3.63, 3.8) is 0 Å². The first kappa shape index (κ1) is 28.4. The molecule has 8 nitrogen and oxygen atoms in total. The van der Waals surface area contributed by atoms with E-state index in [1.54, 1.807) is 31.2 Å². The van der Waals surface area contributed by atoms with Crippen LogP contribution in [0.4, 0.5) is 4.39 Å². The van der Waals surface area contributed by atoms with Crippen LogP contribution in [0, 0.1) is 11.2 Å². The monoisotopic (exact) mass is 551 g/mol. The molecule has 0 radical (unpaired) electrons. The van der Waals surface area contributed by atoms with Crippen LogP contribution in [0.2, 0.25) is 10.0 Å². The summed E-state index contributed by atoms with van der Waals surface area (Å²) >= 11 is 12.4. The summed E-state index contributed by atoms with van der Waals surface area (Å²) in [5, 5.41) is 27.5. The van der Waals surface area contributed by atoms with E-state index < -0.39 is 41.2 Å². The van der Waals surface area contributed by atoms with Crippen LogP contribution in [0.5, 0.6) is 5.88 Å². The third-order valence-electron chi connectivity index (χ3n) is 6.12. The molecular formula is C26H28Cl2FN3O5. The summed E-state index contributed by atoms with van der Waals surface area (Å²) in [6.45, 7) is 7.03. The van der Waals surface area contributed by atoms with Crippen LogP contribution in [-0.4, -0.2) is 44.1 Å². The van der Waals surface area contributed by atoms with Gasteiger partial charge in [-0.15, -0.1) is 0 Å². The Morgan fingerprint density at radius 2 is 1.81 bits per heavy atom. The summed E-state index contributed by atoms with van der Waals surface area (Å²) in [5.74, 6) is -2.33. The zero-order valence-corrected chi connectivity index (χ0v) is 22.3. The Bertz CT molecular complexity index is 1300. The van der Waals surface area contributed by atoms with Crippen LogP contribution < -0.4 is 10.1 Å². The van der Waals surface area contributed by atoms with Gasteiger partial charge in [0, 0.05) is 6.07 Å². The maximum absolute atomic E-state index is 14.0. The lowest BCUT2D eigenvalue weighted by molar-refractivity contribution is -0.137. The van der Waals surface area contributed by atoms with Gasteiger partial charge < -0.3 is 20.3 Å². The van der Waals surface area contributed by atoms with E-state index in [1.165, 1.54) is 28.9 Å². The Balaban J connectivity index is 1.97. The molecular weight excluding hydrogens is 524 g/mol. The maximum atomic E-state index is 14.0. The minimum absolute atomic E-state index is 0.0795. The second kappa shape index (κ2) is 11.1. The first-order chi connectivity index (χ1) is 17.2. The standard InChI is InChI=1S/C26H28Cl2FN3O5/c1-25(2,3)26(4,36)14-37-21-12-20(31-32(21)16-8-5-7-15(29)11-16)24(35)30-19(13-22(33)34)17-9-6-10-18(27)23(17)28/h5-12,19,36H,13-14H2,1-4H3,(H,30,35)(H,33,34). The third kappa shape index (κ3) is 6.80. The van der Waals surface area contributed by atoms with Gasteiger partial charge in [-0.2, -0.15) is 5.10 Å². The van der Waals surface area contributed by atoms with E-state index in [-0.39, 0.29) is 33.9 Å². The third-order valence-corrected chi connectivity index (χ3v) is 6.95. The van der Waals surface area contributed by atoms with Gasteiger partial charge >= 0.3 is 5.97 Å². The van der Waals surface area contributed by atoms with Crippen molar-refractivity contribution in [1.82, 2.24) is 15.1 Å². The van der Waals surface area contributed by atoms with E-state index in [0.29, 0.717) is 5.56 Å². The topological polar surface area (TPSA) is 114 Å². The summed E-state index contributed by atoms with van der Waals surface area (Å²) in [6, 6.07) is 10.5. The zero-order valence-electron chi connectivity index (χ0n) is 20.8. The lowest BCUT2D eigenvalue weighted by atomic mass is 9.78. The number of benzene rings is 2. The molecule has 0 aliphatic heterocycles. The summed E-state index contributed by atoms with van der Waals surface area (Å²) in [7, 11) is 0. The molecule has 2 unspecified atom stereocenters. The average Bonchev–Trinajstić information content (AvgIpc) is 3.23. The number of aliphatic hydroxyl groups is 1. The normalized spacial score (nSPS) is 14.1. The van der Waals surface area contributed by atoms with Gasteiger partial charge in [0.25, 0.3) is 5.91 Å². The number of nitrogens with zero attached hydrogens (tertiary/aromatic N) is 2. The lowest BCUT2D eigenvalue weighted by Gasteiger charge is -2.36. The molecule has 0 spiro atoms. The molecule has 1 aromatic heterocycles. The fourth-order valence-electron chi connectivity index (χ4n) is 3.24. The number of hydrogen-bond donors (Lipinski definition) is 3. The largest absolute Gasteiger partial charge is 0.481 e. The predicted octanol–water partition coefficient (Wildman–Crippen LogP) is 5.44. The molecule has 0 bridgehead atoms. The van der Waals surface area contributed by atoms with Crippen LogP contribution >= 0.6 is 23.2 Å². The van der Waals surface area contributed by atoms with E-state index >= 15 is 0 Å². The van der Waals surface area contributed by atoms with Crippen molar-refractivity contribution in [2.75, 3.05) is 6.61 Å². The van der Waals surface area contributed by atoms with Gasteiger partial charge in [0.1, 0.15) is 18.0 Å². The SMILES string of the molecule is CC(C)(C)C(C)(O)COc1cc(C(=O)NC(CC(=O)O)c2cccc(Cl)c2Cl)nn1-c1cccc(F)c1. The highest BCUT2D eigenvalue weighted by Gasteiger charge is 2.36. The Kier molecular flexibility index (Phi) is 8.52. The number of amides is 1. The van der Waals surface area contributed by atoms with Crippen molar-refractivity contribution in [3.05, 3.63) is 75.7 Å². The quantitative estimate of drug-likeness (QED) is 0.326. The number of carbonyl (C=O) groups is 2. The van der Waals surface area contributed by atoms with Gasteiger partial charge in [-0.3, -0.25) is 9.59 Å². The summed E-state index contributed by atoms with van der Waals surface area (Å²) in [6.07, 6.45) is -0.464. The zero-order chi connectivity index (χ0) is 27.5. The van der Waals surface area contributed by atoms with Crippen molar-refractivity contribution in [3.8, 4) is 11.6 Å². The number of nitrogens with one attached hydrogen (secondary N) is 1. The number of carboxylic acids is 1. The summed E-state index contributed by atoms with van der Waals surface area (Å²) in [5.41, 5.74) is -1.29. The molecule has 0 aliphatic rings. The number of carboxylic acid groups (broad SMARTS) is 1. The maximum Gasteiger partial charge on any atom is 0.305 e. The number of aliphatic carboxylic acids is 1. The van der Waals surface area contributed by atoms with E-state index in [1.807, 2.05) is 20.8 Å². The van der Waals surface area contributed by atoms with Crippen molar-refractivity contribution < 1.29 is 28.9 Å². The van der Waals surface area contributed by atoms with Crippen LogP contribution in [0.1, 0.15) is 56.2 Å². The number of ether oxygens (including phenoxy) is 1. The molecule has 0 aliphatic carbocycles. The molecule has 2 aromatic carbocycles. The first-order valence-electron chi connectivity index (χ1n) is 11.4. The van der Waals surface area contributed by atoms with E-state index in [0.717, 1.165) is 0 Å². The van der Waals surface area contributed by atoms with Crippen LogP contribution in [0.15, 0.2) is 48.5 Å². The molecule has 198 valence electrons. The molecule has 11 heteroatoms. The predicted molar refractivity (Wildman–Crippen MR) is 138 cm³/mol. The average molecular weight is 552 g/mol. The molecule has 0 fully saturated rings. The highest BCUT2D eigenvalue weighted by Crippen LogP contribution is 2.33. The number of carbonyl (C=O) groups excluding carboxylic acids is 1. The molecule has 3 rings (SSSR count). The minimum atomic E-state index is -1.25. The smallest absolute Gasteiger partial charge is 0.305 e. The van der Waals surface area contributed by atoms with Crippen molar-refractivity contribution in [1.29, 1.82) is 0 Å². The van der Waals surface area contributed by atoms with Crippen molar-refractivity contribution in [2.24, 2.45) is 5.41 Å². The molecule has 0 saturated heterocycles. The van der Waals surface area contributed by atoms with Crippen molar-refractivity contribution >= 4 is 35.1 Å².